The Morgan fingerprint density at radius 3 is 2.27 bits per heavy atom. The maximum absolute atomic E-state index is 13.2. The molecule has 1 saturated heterocycles. The highest BCUT2D eigenvalue weighted by Crippen LogP contribution is 2.22. The molecule has 0 aromatic heterocycles. The fourth-order valence-corrected chi connectivity index (χ4v) is 3.89. The Morgan fingerprint density at radius 1 is 0.970 bits per heavy atom. The van der Waals surface area contributed by atoms with Crippen LogP contribution in [0.15, 0.2) is 77.4 Å². The Kier molecular flexibility index (Phi) is 7.26. The number of para-hydroxylation sites is 1. The summed E-state index contributed by atoms with van der Waals surface area (Å²) < 4.78 is 0. The molecule has 8 heteroatoms. The van der Waals surface area contributed by atoms with Crippen LogP contribution in [0.25, 0.3) is 0 Å². The highest BCUT2D eigenvalue weighted by Gasteiger charge is 2.31. The molecule has 0 atom stereocenters. The van der Waals surface area contributed by atoms with E-state index in [1.165, 1.54) is 11.1 Å². The number of hydrazine groups is 1. The lowest BCUT2D eigenvalue weighted by molar-refractivity contribution is -0.140. The van der Waals surface area contributed by atoms with Crippen LogP contribution < -0.4 is 15.9 Å². The molecule has 170 valence electrons. The average Bonchev–Trinajstić information content (AvgIpc) is 3.03. The predicted molar refractivity (Wildman–Crippen MR) is 124 cm³/mol. The third-order valence-electron chi connectivity index (χ3n) is 5.63. The van der Waals surface area contributed by atoms with E-state index in [-0.39, 0.29) is 17.5 Å². The molecule has 2 fully saturated rings. The van der Waals surface area contributed by atoms with Crippen LogP contribution >= 0.6 is 0 Å². The topological polar surface area (TPSA) is 100 Å². The summed E-state index contributed by atoms with van der Waals surface area (Å²) in [5, 5.41) is 4.41. The molecule has 2 N–H and O–H groups in total. The molecule has 1 heterocycles. The van der Waals surface area contributed by atoms with Crippen LogP contribution in [0.5, 0.6) is 0 Å². The van der Waals surface area contributed by atoms with Gasteiger partial charge in [-0.05, 0) is 37.1 Å². The zero-order chi connectivity index (χ0) is 23.0. The lowest BCUT2D eigenvalue weighted by Crippen LogP contribution is -2.39. The third-order valence-corrected chi connectivity index (χ3v) is 5.63. The number of aliphatic imine (C=N–C) groups is 1. The van der Waals surface area contributed by atoms with Crippen LogP contribution in [0.1, 0.15) is 48.9 Å². The highest BCUT2D eigenvalue weighted by molar-refractivity contribution is 6.45. The fraction of sp³-hybridized carbons (Fsp3) is 0.280. The van der Waals surface area contributed by atoms with Crippen molar-refractivity contribution in [2.45, 2.75) is 44.6 Å². The first-order valence-corrected chi connectivity index (χ1v) is 11.1. The molecule has 4 rings (SSSR count). The van der Waals surface area contributed by atoms with Crippen LogP contribution in [0.2, 0.25) is 0 Å². The van der Waals surface area contributed by atoms with Gasteiger partial charge in [0.05, 0.1) is 5.69 Å². The Bertz CT molecular complexity index is 1060. The lowest BCUT2D eigenvalue weighted by Gasteiger charge is -2.17. The van der Waals surface area contributed by atoms with Crippen LogP contribution in [0.3, 0.4) is 0 Å². The van der Waals surface area contributed by atoms with Crippen molar-refractivity contribution in [3.8, 4) is 0 Å². The largest absolute Gasteiger partial charge is 0.376 e. The number of nitrogens with zero attached hydrogens (tertiary/aromatic N) is 2. The average molecular weight is 447 g/mol. The van der Waals surface area contributed by atoms with Gasteiger partial charge in [-0.3, -0.25) is 9.59 Å². The first-order chi connectivity index (χ1) is 16.1. The normalized spacial score (nSPS) is 18.7. The summed E-state index contributed by atoms with van der Waals surface area (Å²) in [6.07, 6.45) is 7.42. The van der Waals surface area contributed by atoms with E-state index in [1.54, 1.807) is 42.5 Å². The standard InChI is InChI=1S/C25H26N4O4/c30-23(18-11-5-3-6-12-18)27-21(24(31)26-19-13-7-1-2-8-14-19)17-22-25(32)33-28-29(22)20-15-9-4-10-16-20/h3-6,9-12,15-17,19,28H,1-2,7-8,13-14H2,(H,26,31)/b22-17+,27-21?. The molecule has 0 unspecified atom stereocenters. The van der Waals surface area contributed by atoms with Crippen LogP contribution in [0, 0.1) is 0 Å². The van der Waals surface area contributed by atoms with E-state index in [1.807, 2.05) is 18.2 Å². The zero-order valence-electron chi connectivity index (χ0n) is 18.2. The minimum absolute atomic E-state index is 0.00862. The lowest BCUT2D eigenvalue weighted by atomic mass is 10.1. The second kappa shape index (κ2) is 10.7. The van der Waals surface area contributed by atoms with Gasteiger partial charge in [-0.2, -0.15) is 0 Å². The summed E-state index contributed by atoms with van der Waals surface area (Å²) in [6.45, 7) is 0. The minimum atomic E-state index is -0.680. The smallest absolute Gasteiger partial charge is 0.348 e. The molecular formula is C25H26N4O4. The van der Waals surface area contributed by atoms with E-state index in [9.17, 15) is 14.4 Å². The van der Waals surface area contributed by atoms with Gasteiger partial charge >= 0.3 is 5.97 Å². The van der Waals surface area contributed by atoms with Crippen LogP contribution in [-0.4, -0.2) is 29.5 Å². The molecule has 2 aromatic carbocycles. The van der Waals surface area contributed by atoms with E-state index in [2.05, 4.69) is 15.9 Å². The van der Waals surface area contributed by atoms with Gasteiger partial charge in [0.2, 0.25) is 0 Å². The number of hydrogen-bond donors (Lipinski definition) is 2. The Labute approximate surface area is 192 Å². The Balaban J connectivity index is 1.66. The first-order valence-electron chi connectivity index (χ1n) is 11.1. The molecule has 8 nitrogen and oxygen atoms in total. The number of carbonyl (C=O) groups is 3. The summed E-state index contributed by atoms with van der Waals surface area (Å²) in [7, 11) is 0. The van der Waals surface area contributed by atoms with Gasteiger partial charge in [-0.25, -0.2) is 14.8 Å². The fourth-order valence-electron chi connectivity index (χ4n) is 3.89. The van der Waals surface area contributed by atoms with Crippen molar-refractivity contribution in [2.24, 2.45) is 4.99 Å². The predicted octanol–water partition coefficient (Wildman–Crippen LogP) is 3.47. The van der Waals surface area contributed by atoms with Crippen molar-refractivity contribution >= 4 is 29.2 Å². The van der Waals surface area contributed by atoms with Crippen LogP contribution in [0.4, 0.5) is 5.69 Å². The van der Waals surface area contributed by atoms with Crippen LogP contribution in [-0.2, 0) is 14.4 Å². The van der Waals surface area contributed by atoms with Crippen molar-refractivity contribution < 1.29 is 19.2 Å². The number of hydrogen-bond acceptors (Lipinski definition) is 6. The number of benzene rings is 2. The summed E-state index contributed by atoms with van der Waals surface area (Å²) in [5.41, 5.74) is 3.42. The maximum Gasteiger partial charge on any atom is 0.376 e. The van der Waals surface area contributed by atoms with E-state index >= 15 is 0 Å². The van der Waals surface area contributed by atoms with E-state index in [0.29, 0.717) is 11.3 Å². The number of amides is 2. The quantitative estimate of drug-likeness (QED) is 0.414. The van der Waals surface area contributed by atoms with Gasteiger partial charge in [-0.15, -0.1) is 0 Å². The maximum atomic E-state index is 13.2. The number of rotatable bonds is 5. The van der Waals surface area contributed by atoms with E-state index < -0.39 is 17.8 Å². The third kappa shape index (κ3) is 5.72. The highest BCUT2D eigenvalue weighted by atomic mass is 16.7. The molecule has 2 aromatic rings. The molecule has 1 aliphatic heterocycles. The zero-order valence-corrected chi connectivity index (χ0v) is 18.2. The number of carbonyl (C=O) groups excluding carboxylic acids is 3. The number of anilines is 1. The van der Waals surface area contributed by atoms with Gasteiger partial charge < -0.3 is 10.2 Å². The number of nitrogens with one attached hydrogen (secondary N) is 2. The summed E-state index contributed by atoms with van der Waals surface area (Å²) in [6, 6.07) is 17.5. The molecule has 1 aliphatic carbocycles. The SMILES string of the molecule is O=C(NC1CCCCCC1)C(/C=C1\C(=O)ONN1c1ccccc1)=NC(=O)c1ccccc1. The van der Waals surface area contributed by atoms with E-state index in [4.69, 9.17) is 4.84 Å². The molecule has 2 aliphatic rings. The van der Waals surface area contributed by atoms with Crippen molar-refractivity contribution in [3.63, 3.8) is 0 Å². The van der Waals surface area contributed by atoms with Crippen molar-refractivity contribution in [2.75, 3.05) is 5.01 Å². The van der Waals surface area contributed by atoms with Gasteiger partial charge in [0.15, 0.2) is 5.70 Å². The monoisotopic (exact) mass is 446 g/mol. The van der Waals surface area contributed by atoms with Gasteiger partial charge in [0, 0.05) is 17.7 Å². The van der Waals surface area contributed by atoms with Crippen molar-refractivity contribution in [1.29, 1.82) is 0 Å². The summed E-state index contributed by atoms with van der Waals surface area (Å²) in [4.78, 5) is 47.5. The molecule has 0 spiro atoms. The first kappa shape index (κ1) is 22.4. The van der Waals surface area contributed by atoms with Crippen molar-refractivity contribution in [1.82, 2.24) is 10.9 Å². The van der Waals surface area contributed by atoms with Crippen molar-refractivity contribution in [3.05, 3.63) is 78.0 Å². The van der Waals surface area contributed by atoms with E-state index in [0.717, 1.165) is 38.5 Å². The molecule has 0 bridgehead atoms. The molecule has 1 saturated carbocycles. The van der Waals surface area contributed by atoms with Gasteiger partial charge in [0.25, 0.3) is 11.8 Å². The second-order valence-electron chi connectivity index (χ2n) is 8.01. The van der Waals surface area contributed by atoms with Gasteiger partial charge in [-0.1, -0.05) is 67.7 Å². The molecule has 0 radical (unpaired) electrons. The Hall–Kier alpha value is -3.78. The molecule has 2 amide bonds. The molecular weight excluding hydrogens is 420 g/mol. The summed E-state index contributed by atoms with van der Waals surface area (Å²) >= 11 is 0. The minimum Gasteiger partial charge on any atom is -0.348 e. The van der Waals surface area contributed by atoms with Gasteiger partial charge in [0.1, 0.15) is 5.71 Å². The Morgan fingerprint density at radius 2 is 1.61 bits per heavy atom. The molecule has 33 heavy (non-hydrogen) atoms. The summed E-state index contributed by atoms with van der Waals surface area (Å²) in [5.74, 6) is -1.74. The second-order valence-corrected chi connectivity index (χ2v) is 8.01.